The molecular weight excluding hydrogens is 473 g/mol. The molecule has 1 unspecified atom stereocenters. The molecule has 32 heavy (non-hydrogen) atoms. The summed E-state index contributed by atoms with van der Waals surface area (Å²) in [5.74, 6) is 0.134. The van der Waals surface area contributed by atoms with Crippen molar-refractivity contribution in [2.75, 3.05) is 6.61 Å². The summed E-state index contributed by atoms with van der Waals surface area (Å²) in [5, 5.41) is 14.6. The number of aromatic hydroxyl groups is 1. The fraction of sp³-hybridized carbons (Fsp3) is 0.211. The molecule has 13 heteroatoms. The molecule has 1 atom stereocenters. The predicted molar refractivity (Wildman–Crippen MR) is 110 cm³/mol. The molecule has 0 aliphatic carbocycles. The lowest BCUT2D eigenvalue weighted by atomic mass is 10.1. The fourth-order valence-electron chi connectivity index (χ4n) is 2.76. The van der Waals surface area contributed by atoms with E-state index >= 15 is 0 Å². The number of alkyl halides is 3. The second-order valence-electron chi connectivity index (χ2n) is 6.62. The Kier molecular flexibility index (Phi) is 6.93. The second kappa shape index (κ2) is 9.32. The van der Waals surface area contributed by atoms with Crippen molar-refractivity contribution in [3.8, 4) is 11.6 Å². The number of ether oxygens (including phenoxy) is 1. The molecule has 0 aliphatic heterocycles. The Bertz CT molecular complexity index is 1220. The van der Waals surface area contributed by atoms with Crippen LogP contribution in [0.2, 0.25) is 0 Å². The summed E-state index contributed by atoms with van der Waals surface area (Å²) in [6, 6.07) is 10.3. The van der Waals surface area contributed by atoms with Crippen LogP contribution in [0.1, 0.15) is 27.7 Å². The van der Waals surface area contributed by atoms with Gasteiger partial charge < -0.3 is 9.84 Å². The van der Waals surface area contributed by atoms with Crippen molar-refractivity contribution in [1.82, 2.24) is 4.98 Å². The van der Waals surface area contributed by atoms with Crippen molar-refractivity contribution >= 4 is 21.6 Å². The van der Waals surface area contributed by atoms with Crippen LogP contribution in [0.25, 0.3) is 0 Å². The molecular formula is C19H17F3N2O6S2. The molecule has 1 heterocycles. The SMILES string of the molecule is NS(=O)(=O)OC(COc1ccc(Cc2sc(=O)[nH]c2O)cc1)c1ccc(C(F)(F)F)cc1. The highest BCUT2D eigenvalue weighted by atomic mass is 32.2. The van der Waals surface area contributed by atoms with Gasteiger partial charge in [-0.25, -0.2) is 9.32 Å². The Balaban J connectivity index is 1.70. The van der Waals surface area contributed by atoms with Crippen LogP contribution in [0.5, 0.6) is 11.6 Å². The van der Waals surface area contributed by atoms with Crippen LogP contribution >= 0.6 is 11.3 Å². The van der Waals surface area contributed by atoms with Crippen molar-refractivity contribution < 1.29 is 35.6 Å². The number of nitrogens with two attached hydrogens (primary N) is 1. The Morgan fingerprint density at radius 1 is 1.09 bits per heavy atom. The van der Waals surface area contributed by atoms with Gasteiger partial charge in [0.2, 0.25) is 5.88 Å². The van der Waals surface area contributed by atoms with Gasteiger partial charge >= 0.3 is 21.4 Å². The molecule has 0 amide bonds. The first-order chi connectivity index (χ1) is 14.9. The lowest BCUT2D eigenvalue weighted by Crippen LogP contribution is -2.23. The van der Waals surface area contributed by atoms with Crippen molar-refractivity contribution in [3.05, 3.63) is 79.8 Å². The average molecular weight is 490 g/mol. The lowest BCUT2D eigenvalue weighted by Gasteiger charge is -2.18. The first kappa shape index (κ1) is 23.8. The zero-order chi connectivity index (χ0) is 23.5. The molecule has 172 valence electrons. The summed E-state index contributed by atoms with van der Waals surface area (Å²) in [6.07, 6.45) is -5.51. The average Bonchev–Trinajstić information content (AvgIpc) is 3.01. The minimum atomic E-state index is -4.54. The highest BCUT2D eigenvalue weighted by Gasteiger charge is 2.30. The molecule has 0 fully saturated rings. The highest BCUT2D eigenvalue weighted by Crippen LogP contribution is 2.31. The van der Waals surface area contributed by atoms with Gasteiger partial charge in [0.25, 0.3) is 0 Å². The van der Waals surface area contributed by atoms with Crippen LogP contribution in [-0.2, 0) is 27.1 Å². The van der Waals surface area contributed by atoms with Crippen molar-refractivity contribution in [3.63, 3.8) is 0 Å². The topological polar surface area (TPSA) is 132 Å². The van der Waals surface area contributed by atoms with E-state index in [1.807, 2.05) is 0 Å². The molecule has 0 radical (unpaired) electrons. The molecule has 0 saturated heterocycles. The molecule has 3 aromatic rings. The first-order valence-electron chi connectivity index (χ1n) is 8.91. The lowest BCUT2D eigenvalue weighted by molar-refractivity contribution is -0.137. The van der Waals surface area contributed by atoms with E-state index in [9.17, 15) is 31.5 Å². The molecule has 3 rings (SSSR count). The van der Waals surface area contributed by atoms with Gasteiger partial charge in [-0.1, -0.05) is 35.6 Å². The highest BCUT2D eigenvalue weighted by molar-refractivity contribution is 7.84. The third-order valence-electron chi connectivity index (χ3n) is 4.25. The summed E-state index contributed by atoms with van der Waals surface area (Å²) < 4.78 is 71.3. The van der Waals surface area contributed by atoms with E-state index in [1.165, 1.54) is 0 Å². The molecule has 2 aromatic carbocycles. The largest absolute Gasteiger partial charge is 0.494 e. The van der Waals surface area contributed by atoms with E-state index in [4.69, 9.17) is 14.1 Å². The molecule has 4 N–H and O–H groups in total. The van der Waals surface area contributed by atoms with Crippen LogP contribution in [0.15, 0.2) is 53.3 Å². The standard InChI is InChI=1S/C19H17F3N2O6S2/c20-19(21,22)13-5-3-12(4-6-13)15(30-32(23,27)28)10-29-14-7-1-11(2-8-14)9-16-17(25)24-18(26)31-16/h1-8,15,25H,9-10H2,(H,24,26)(H2,23,27,28). The Labute approximate surface area is 184 Å². The van der Waals surface area contributed by atoms with Crippen molar-refractivity contribution in [1.29, 1.82) is 0 Å². The van der Waals surface area contributed by atoms with E-state index in [1.54, 1.807) is 24.3 Å². The zero-order valence-electron chi connectivity index (χ0n) is 16.1. The van der Waals surface area contributed by atoms with Crippen molar-refractivity contribution in [2.45, 2.75) is 18.7 Å². The van der Waals surface area contributed by atoms with Crippen LogP contribution in [0, 0.1) is 0 Å². The number of thiazole rings is 1. The Morgan fingerprint density at radius 3 is 2.22 bits per heavy atom. The van der Waals surface area contributed by atoms with Crippen molar-refractivity contribution in [2.24, 2.45) is 5.14 Å². The first-order valence-corrected chi connectivity index (χ1v) is 11.2. The van der Waals surface area contributed by atoms with E-state index in [0.29, 0.717) is 17.0 Å². The monoisotopic (exact) mass is 490 g/mol. The number of aromatic nitrogens is 1. The van der Waals surface area contributed by atoms with Gasteiger partial charge in [-0.2, -0.15) is 21.6 Å². The third kappa shape index (κ3) is 6.56. The smallest absolute Gasteiger partial charge is 0.416 e. The maximum absolute atomic E-state index is 12.8. The van der Waals surface area contributed by atoms with Gasteiger partial charge in [-0.3, -0.25) is 9.78 Å². The van der Waals surface area contributed by atoms with Crippen LogP contribution < -0.4 is 14.7 Å². The van der Waals surface area contributed by atoms with E-state index in [0.717, 1.165) is 41.2 Å². The number of rotatable bonds is 8. The summed E-state index contributed by atoms with van der Waals surface area (Å²) in [5.41, 5.74) is -0.00458. The van der Waals surface area contributed by atoms with Crippen LogP contribution in [0.4, 0.5) is 13.2 Å². The van der Waals surface area contributed by atoms with E-state index in [-0.39, 0.29) is 22.9 Å². The molecule has 0 saturated carbocycles. The summed E-state index contributed by atoms with van der Waals surface area (Å²) in [4.78, 5) is 13.6. The number of benzene rings is 2. The molecule has 1 aromatic heterocycles. The van der Waals surface area contributed by atoms with Gasteiger partial charge in [0.05, 0.1) is 10.4 Å². The maximum atomic E-state index is 12.8. The number of halogens is 3. The molecule has 8 nitrogen and oxygen atoms in total. The normalized spacial score (nSPS) is 13.1. The number of hydrogen-bond acceptors (Lipinski definition) is 7. The van der Waals surface area contributed by atoms with E-state index < -0.39 is 28.1 Å². The fourth-order valence-corrected chi connectivity index (χ4v) is 4.01. The minimum Gasteiger partial charge on any atom is -0.494 e. The summed E-state index contributed by atoms with van der Waals surface area (Å²) >= 11 is 0.885. The van der Waals surface area contributed by atoms with Crippen LogP contribution in [-0.4, -0.2) is 25.1 Å². The number of hydrogen-bond donors (Lipinski definition) is 3. The summed E-state index contributed by atoms with van der Waals surface area (Å²) in [6.45, 7) is -0.346. The minimum absolute atomic E-state index is 0.126. The number of H-pyrrole nitrogens is 1. The predicted octanol–water partition coefficient (Wildman–Crippen LogP) is 3.09. The Hall–Kier alpha value is -2.87. The quantitative estimate of drug-likeness (QED) is 0.445. The van der Waals surface area contributed by atoms with E-state index in [2.05, 4.69) is 4.98 Å². The third-order valence-corrected chi connectivity index (χ3v) is 5.62. The molecule has 0 spiro atoms. The van der Waals surface area contributed by atoms with Gasteiger partial charge in [-0.15, -0.1) is 0 Å². The molecule has 0 bridgehead atoms. The van der Waals surface area contributed by atoms with Gasteiger partial charge in [-0.05, 0) is 35.4 Å². The number of nitrogens with one attached hydrogen (secondary N) is 1. The zero-order valence-corrected chi connectivity index (χ0v) is 17.8. The number of aromatic amines is 1. The second-order valence-corrected chi connectivity index (χ2v) is 8.86. The van der Waals surface area contributed by atoms with Gasteiger partial charge in [0, 0.05) is 6.42 Å². The summed E-state index contributed by atoms with van der Waals surface area (Å²) in [7, 11) is -4.41. The van der Waals surface area contributed by atoms with Gasteiger partial charge in [0.1, 0.15) is 18.5 Å². The van der Waals surface area contributed by atoms with Crippen LogP contribution in [0.3, 0.4) is 0 Å². The maximum Gasteiger partial charge on any atom is 0.416 e. The molecule has 0 aliphatic rings. The van der Waals surface area contributed by atoms with Gasteiger partial charge in [0.15, 0.2) is 0 Å². The Morgan fingerprint density at radius 2 is 1.72 bits per heavy atom.